The number of hydrogen-bond donors (Lipinski definition) is 0. The van der Waals surface area contributed by atoms with Crippen LogP contribution in [0.25, 0.3) is 0 Å². The van der Waals surface area contributed by atoms with Crippen molar-refractivity contribution in [1.29, 1.82) is 0 Å². The lowest BCUT2D eigenvalue weighted by Crippen LogP contribution is -2.46. The molecular formula is C20H27N3O. The molecule has 1 saturated heterocycles. The molecule has 4 heteroatoms. The Morgan fingerprint density at radius 1 is 1.17 bits per heavy atom. The lowest BCUT2D eigenvalue weighted by molar-refractivity contribution is -0.124. The summed E-state index contributed by atoms with van der Waals surface area (Å²) in [5, 5.41) is 0. The predicted molar refractivity (Wildman–Crippen MR) is 99.3 cm³/mol. The minimum Gasteiger partial charge on any atom is -0.373 e. The molecule has 0 radical (unpaired) electrons. The molecule has 128 valence electrons. The lowest BCUT2D eigenvalue weighted by Gasteiger charge is -2.35. The van der Waals surface area contributed by atoms with E-state index in [0.717, 1.165) is 50.3 Å². The number of carbonyl (C=O) groups is 1. The fourth-order valence-corrected chi connectivity index (χ4v) is 3.86. The number of fused-ring (bicyclic) bond motifs is 1. The summed E-state index contributed by atoms with van der Waals surface area (Å²) in [4.78, 5) is 19.9. The van der Waals surface area contributed by atoms with Gasteiger partial charge in [0.15, 0.2) is 0 Å². The Hall–Kier alpha value is -1.99. The molecule has 0 aliphatic carbocycles. The number of para-hydroxylation sites is 2. The molecule has 1 amide bonds. The quantitative estimate of drug-likeness (QED) is 0.782. The van der Waals surface area contributed by atoms with E-state index in [2.05, 4.69) is 46.7 Å². The van der Waals surface area contributed by atoms with E-state index in [1.165, 1.54) is 0 Å². The molecule has 1 aromatic carbocycles. The second kappa shape index (κ2) is 7.27. The SMILES string of the molecule is C#CCN1CCC(C(=O)N2c3ccccc3N(C)CCC2C)CC1. The Morgan fingerprint density at radius 3 is 2.50 bits per heavy atom. The molecule has 4 nitrogen and oxygen atoms in total. The summed E-state index contributed by atoms with van der Waals surface area (Å²) in [6.07, 6.45) is 8.20. The summed E-state index contributed by atoms with van der Waals surface area (Å²) >= 11 is 0. The Labute approximate surface area is 145 Å². The van der Waals surface area contributed by atoms with Crippen LogP contribution in [-0.2, 0) is 4.79 Å². The second-order valence-electron chi connectivity index (χ2n) is 7.01. The monoisotopic (exact) mass is 325 g/mol. The van der Waals surface area contributed by atoms with Crippen LogP contribution in [0.15, 0.2) is 24.3 Å². The molecule has 0 N–H and O–H groups in total. The van der Waals surface area contributed by atoms with Gasteiger partial charge in [-0.15, -0.1) is 6.42 Å². The van der Waals surface area contributed by atoms with Gasteiger partial charge in [-0.2, -0.15) is 0 Å². The van der Waals surface area contributed by atoms with Crippen LogP contribution in [0, 0.1) is 18.3 Å². The van der Waals surface area contributed by atoms with Gasteiger partial charge >= 0.3 is 0 Å². The molecule has 1 fully saturated rings. The molecule has 1 atom stereocenters. The molecule has 2 aliphatic heterocycles. The zero-order valence-corrected chi connectivity index (χ0v) is 14.7. The maximum absolute atomic E-state index is 13.3. The Balaban J connectivity index is 1.81. The van der Waals surface area contributed by atoms with Crippen molar-refractivity contribution in [2.24, 2.45) is 5.92 Å². The molecule has 0 bridgehead atoms. The highest BCUT2D eigenvalue weighted by Crippen LogP contribution is 2.35. The first-order valence-electron chi connectivity index (χ1n) is 8.91. The molecule has 2 aliphatic rings. The highest BCUT2D eigenvalue weighted by Gasteiger charge is 2.34. The molecule has 2 heterocycles. The third-order valence-electron chi connectivity index (χ3n) is 5.36. The van der Waals surface area contributed by atoms with Gasteiger partial charge < -0.3 is 9.80 Å². The first-order chi connectivity index (χ1) is 11.6. The fraction of sp³-hybridized carbons (Fsp3) is 0.550. The minimum absolute atomic E-state index is 0.109. The van der Waals surface area contributed by atoms with Crippen molar-refractivity contribution < 1.29 is 4.79 Å². The van der Waals surface area contributed by atoms with Crippen LogP contribution in [-0.4, -0.2) is 50.1 Å². The highest BCUT2D eigenvalue weighted by molar-refractivity contribution is 5.99. The summed E-state index contributed by atoms with van der Waals surface area (Å²) in [5.74, 6) is 3.10. The van der Waals surface area contributed by atoms with Crippen molar-refractivity contribution in [3.8, 4) is 12.3 Å². The van der Waals surface area contributed by atoms with E-state index in [0.29, 0.717) is 6.54 Å². The van der Waals surface area contributed by atoms with Gasteiger partial charge in [0.25, 0.3) is 0 Å². The fourth-order valence-electron chi connectivity index (χ4n) is 3.86. The highest BCUT2D eigenvalue weighted by atomic mass is 16.2. The van der Waals surface area contributed by atoms with Gasteiger partial charge in [0, 0.05) is 25.6 Å². The van der Waals surface area contributed by atoms with Gasteiger partial charge in [-0.25, -0.2) is 0 Å². The molecule has 1 aromatic rings. The standard InChI is InChI=1S/C20H27N3O/c1-4-12-22-14-10-17(11-15-22)20(24)23-16(2)9-13-21(3)18-7-5-6-8-19(18)23/h1,5-8,16-17H,9-15H2,2-3H3. The van der Waals surface area contributed by atoms with E-state index < -0.39 is 0 Å². The Kier molecular flexibility index (Phi) is 5.11. The van der Waals surface area contributed by atoms with Gasteiger partial charge in [-0.05, 0) is 51.4 Å². The second-order valence-corrected chi connectivity index (χ2v) is 7.01. The van der Waals surface area contributed by atoms with Crippen LogP contribution in [0.1, 0.15) is 26.2 Å². The van der Waals surface area contributed by atoms with E-state index in [1.54, 1.807) is 0 Å². The van der Waals surface area contributed by atoms with Crippen molar-refractivity contribution in [2.45, 2.75) is 32.2 Å². The maximum Gasteiger partial charge on any atom is 0.230 e. The minimum atomic E-state index is 0.109. The number of anilines is 2. The number of carbonyl (C=O) groups excluding carboxylic acids is 1. The van der Waals surface area contributed by atoms with Crippen molar-refractivity contribution >= 4 is 17.3 Å². The van der Waals surface area contributed by atoms with Crippen LogP contribution in [0.2, 0.25) is 0 Å². The number of benzene rings is 1. The number of likely N-dealkylation sites (tertiary alicyclic amines) is 1. The normalized spacial score (nSPS) is 22.6. The lowest BCUT2D eigenvalue weighted by atomic mass is 9.94. The predicted octanol–water partition coefficient (Wildman–Crippen LogP) is 2.59. The van der Waals surface area contributed by atoms with E-state index >= 15 is 0 Å². The van der Waals surface area contributed by atoms with E-state index in [-0.39, 0.29) is 17.9 Å². The molecule has 0 aromatic heterocycles. The topological polar surface area (TPSA) is 26.8 Å². The van der Waals surface area contributed by atoms with Crippen molar-refractivity contribution in [3.05, 3.63) is 24.3 Å². The van der Waals surface area contributed by atoms with Gasteiger partial charge in [-0.3, -0.25) is 9.69 Å². The first-order valence-corrected chi connectivity index (χ1v) is 8.91. The molecule has 24 heavy (non-hydrogen) atoms. The van der Waals surface area contributed by atoms with Gasteiger partial charge in [0.1, 0.15) is 0 Å². The van der Waals surface area contributed by atoms with Crippen LogP contribution in [0.3, 0.4) is 0 Å². The van der Waals surface area contributed by atoms with Crippen molar-refractivity contribution in [2.75, 3.05) is 43.0 Å². The number of hydrogen-bond acceptors (Lipinski definition) is 3. The number of piperidine rings is 1. The summed E-state index contributed by atoms with van der Waals surface area (Å²) in [6, 6.07) is 8.50. The van der Waals surface area contributed by atoms with Gasteiger partial charge in [0.2, 0.25) is 5.91 Å². The van der Waals surface area contributed by atoms with Crippen molar-refractivity contribution in [1.82, 2.24) is 4.90 Å². The van der Waals surface area contributed by atoms with Gasteiger partial charge in [-0.1, -0.05) is 18.1 Å². The smallest absolute Gasteiger partial charge is 0.230 e. The summed E-state index contributed by atoms with van der Waals surface area (Å²) < 4.78 is 0. The average Bonchev–Trinajstić information content (AvgIpc) is 2.73. The summed E-state index contributed by atoms with van der Waals surface area (Å²) in [6.45, 7) is 5.67. The van der Waals surface area contributed by atoms with Crippen LogP contribution in [0.4, 0.5) is 11.4 Å². The number of nitrogens with zero attached hydrogens (tertiary/aromatic N) is 3. The Morgan fingerprint density at radius 2 is 1.83 bits per heavy atom. The van der Waals surface area contributed by atoms with Gasteiger partial charge in [0.05, 0.1) is 17.9 Å². The van der Waals surface area contributed by atoms with E-state index in [9.17, 15) is 4.79 Å². The largest absolute Gasteiger partial charge is 0.373 e. The van der Waals surface area contributed by atoms with Crippen molar-refractivity contribution in [3.63, 3.8) is 0 Å². The Bertz CT molecular complexity index is 628. The van der Waals surface area contributed by atoms with Crippen LogP contribution in [0.5, 0.6) is 0 Å². The zero-order valence-electron chi connectivity index (χ0n) is 14.7. The van der Waals surface area contributed by atoms with E-state index in [4.69, 9.17) is 6.42 Å². The average molecular weight is 325 g/mol. The molecule has 1 unspecified atom stereocenters. The number of amides is 1. The third kappa shape index (κ3) is 3.27. The number of rotatable bonds is 2. The summed E-state index contributed by atoms with van der Waals surface area (Å²) in [7, 11) is 2.11. The molecule has 0 saturated carbocycles. The third-order valence-corrected chi connectivity index (χ3v) is 5.36. The zero-order chi connectivity index (χ0) is 17.1. The van der Waals surface area contributed by atoms with Crippen LogP contribution < -0.4 is 9.80 Å². The van der Waals surface area contributed by atoms with Crippen LogP contribution >= 0.6 is 0 Å². The summed E-state index contributed by atoms with van der Waals surface area (Å²) in [5.41, 5.74) is 2.21. The molecule has 0 spiro atoms. The molecular weight excluding hydrogens is 298 g/mol. The first kappa shape index (κ1) is 16.9. The van der Waals surface area contributed by atoms with E-state index in [1.807, 2.05) is 12.1 Å². The number of terminal acetylenes is 1. The maximum atomic E-state index is 13.3. The molecule has 3 rings (SSSR count).